The van der Waals surface area contributed by atoms with E-state index in [0.717, 1.165) is 6.07 Å². The van der Waals surface area contributed by atoms with Gasteiger partial charge >= 0.3 is 6.18 Å². The Bertz CT molecular complexity index is 1080. The molecule has 1 aliphatic heterocycles. The van der Waals surface area contributed by atoms with Gasteiger partial charge in [-0.2, -0.15) is 13.2 Å². The van der Waals surface area contributed by atoms with Gasteiger partial charge in [0.1, 0.15) is 0 Å². The van der Waals surface area contributed by atoms with Crippen molar-refractivity contribution in [1.82, 2.24) is 14.6 Å². The van der Waals surface area contributed by atoms with Gasteiger partial charge in [0.2, 0.25) is 0 Å². The van der Waals surface area contributed by atoms with Crippen LogP contribution < -0.4 is 10.6 Å². The summed E-state index contributed by atoms with van der Waals surface area (Å²) in [5.41, 5.74) is 7.74. The second kappa shape index (κ2) is 8.72. The zero-order chi connectivity index (χ0) is 21.5. The molecule has 0 spiro atoms. The van der Waals surface area contributed by atoms with Crippen LogP contribution in [0.5, 0.6) is 0 Å². The van der Waals surface area contributed by atoms with Crippen LogP contribution in [0.2, 0.25) is 0 Å². The molecule has 0 bridgehead atoms. The molecule has 3 aromatic rings. The Morgan fingerprint density at radius 2 is 1.94 bits per heavy atom. The second-order valence-corrected chi connectivity index (χ2v) is 7.22. The summed E-state index contributed by atoms with van der Waals surface area (Å²) in [6.07, 6.45) is -4.31. The molecule has 0 aliphatic carbocycles. The van der Waals surface area contributed by atoms with Gasteiger partial charge in [-0.25, -0.2) is 9.50 Å². The first-order valence-corrected chi connectivity index (χ1v) is 9.56. The normalized spacial score (nSPS) is 14.7. The quantitative estimate of drug-likeness (QED) is 0.652. The molecule has 0 atom stereocenters. The fourth-order valence-electron chi connectivity index (χ4n) is 3.73. The van der Waals surface area contributed by atoms with Crippen LogP contribution >= 0.6 is 0 Å². The number of ether oxygens (including phenoxy) is 1. The molecule has 3 heterocycles. The average Bonchev–Trinajstić information content (AvgIpc) is 3.07. The zero-order valence-electron chi connectivity index (χ0n) is 16.4. The lowest BCUT2D eigenvalue weighted by molar-refractivity contribution is -0.138. The Morgan fingerprint density at radius 1 is 1.23 bits per heavy atom. The number of nitrogens with two attached hydrogens (primary N) is 1. The van der Waals surface area contributed by atoms with Crippen LogP contribution in [-0.2, 0) is 23.9 Å². The molecule has 31 heavy (non-hydrogen) atoms. The van der Waals surface area contributed by atoms with Crippen LogP contribution in [-0.4, -0.2) is 46.0 Å². The molecule has 3 N–H and O–H groups in total. The minimum absolute atomic E-state index is 0. The number of anilines is 2. The smallest absolute Gasteiger partial charge is 0.396 e. The number of nitrogen functional groups attached to an aromatic ring is 1. The van der Waals surface area contributed by atoms with Crippen LogP contribution in [0.1, 0.15) is 35.5 Å². The highest BCUT2D eigenvalue weighted by atomic mass is 19.4. The third-order valence-electron chi connectivity index (χ3n) is 5.37. The maximum absolute atomic E-state index is 13.3. The first-order valence-electron chi connectivity index (χ1n) is 9.56. The number of aliphatic hydroxyl groups is 1. The van der Waals surface area contributed by atoms with Crippen molar-refractivity contribution in [2.45, 2.75) is 33.6 Å². The molecule has 0 amide bonds. The van der Waals surface area contributed by atoms with Gasteiger partial charge in [-0.05, 0) is 24.1 Å². The number of hydrogen-bond acceptors (Lipinski definition) is 6. The molecule has 1 fully saturated rings. The van der Waals surface area contributed by atoms with E-state index < -0.39 is 11.7 Å². The van der Waals surface area contributed by atoms with Crippen molar-refractivity contribution in [3.05, 3.63) is 52.3 Å². The summed E-state index contributed by atoms with van der Waals surface area (Å²) in [5.74, 6) is 0.632. The van der Waals surface area contributed by atoms with Crippen molar-refractivity contribution in [2.24, 2.45) is 0 Å². The van der Waals surface area contributed by atoms with E-state index in [9.17, 15) is 18.3 Å². The lowest BCUT2D eigenvalue weighted by Gasteiger charge is -2.27. The second-order valence-electron chi connectivity index (χ2n) is 7.22. The SMILES string of the molecule is C.Cc1c(Cc2c(CO)nc3c(N)cc(N4CCOCC4)nn23)cccc1C(F)(F)F. The van der Waals surface area contributed by atoms with Crippen LogP contribution in [0.25, 0.3) is 5.65 Å². The number of fused-ring (bicyclic) bond motifs is 1. The fourth-order valence-corrected chi connectivity index (χ4v) is 3.73. The monoisotopic (exact) mass is 437 g/mol. The number of aromatic nitrogens is 3. The van der Waals surface area contributed by atoms with Gasteiger partial charge in [0.15, 0.2) is 11.5 Å². The molecular formula is C21H26F3N5O2. The molecule has 1 aromatic carbocycles. The summed E-state index contributed by atoms with van der Waals surface area (Å²) in [5, 5.41) is 14.4. The summed E-state index contributed by atoms with van der Waals surface area (Å²) in [6, 6.07) is 5.80. The Labute approximate surface area is 178 Å². The van der Waals surface area contributed by atoms with Crippen molar-refractivity contribution in [1.29, 1.82) is 0 Å². The van der Waals surface area contributed by atoms with Crippen LogP contribution in [0.4, 0.5) is 24.7 Å². The number of hydrogen-bond donors (Lipinski definition) is 2. The molecule has 2 aromatic heterocycles. The number of aliphatic hydroxyl groups excluding tert-OH is 1. The summed E-state index contributed by atoms with van der Waals surface area (Å²) >= 11 is 0. The highest BCUT2D eigenvalue weighted by Gasteiger charge is 2.33. The molecule has 0 unspecified atom stereocenters. The predicted octanol–water partition coefficient (Wildman–Crippen LogP) is 3.19. The van der Waals surface area contributed by atoms with Crippen molar-refractivity contribution in [3.63, 3.8) is 0 Å². The minimum atomic E-state index is -4.44. The largest absolute Gasteiger partial charge is 0.416 e. The first-order chi connectivity index (χ1) is 14.3. The molecule has 0 saturated carbocycles. The Balaban J connectivity index is 0.00000272. The van der Waals surface area contributed by atoms with E-state index in [0.29, 0.717) is 60.4 Å². The third kappa shape index (κ3) is 4.31. The predicted molar refractivity (Wildman–Crippen MR) is 112 cm³/mol. The van der Waals surface area contributed by atoms with Gasteiger partial charge < -0.3 is 20.5 Å². The van der Waals surface area contributed by atoms with E-state index in [1.54, 1.807) is 12.1 Å². The summed E-state index contributed by atoms with van der Waals surface area (Å²) in [4.78, 5) is 6.40. The van der Waals surface area contributed by atoms with Gasteiger partial charge in [0, 0.05) is 25.6 Å². The number of halogens is 3. The van der Waals surface area contributed by atoms with E-state index in [-0.39, 0.29) is 26.0 Å². The Hall–Kier alpha value is -2.85. The standard InChI is InChI=1S/C20H22F3N5O2.CH4/c1-12-13(3-2-4-14(12)20(21,22)23)9-17-16(11-29)25-19-15(24)10-18(26-28(17)19)27-5-7-30-8-6-27;/h2-4,10,29H,5-9,11,24H2,1H3;1H4. The number of rotatable bonds is 4. The van der Waals surface area contributed by atoms with E-state index in [2.05, 4.69) is 10.1 Å². The summed E-state index contributed by atoms with van der Waals surface area (Å²) in [6.45, 7) is 3.52. The molecule has 168 valence electrons. The molecule has 1 aliphatic rings. The van der Waals surface area contributed by atoms with E-state index in [1.807, 2.05) is 4.90 Å². The lowest BCUT2D eigenvalue weighted by atomic mass is 9.98. The van der Waals surface area contributed by atoms with Crippen molar-refractivity contribution < 1.29 is 23.0 Å². The zero-order valence-corrected chi connectivity index (χ0v) is 16.4. The Morgan fingerprint density at radius 3 is 2.58 bits per heavy atom. The maximum atomic E-state index is 13.3. The van der Waals surface area contributed by atoms with Crippen LogP contribution in [0.3, 0.4) is 0 Å². The van der Waals surface area contributed by atoms with E-state index in [1.165, 1.54) is 17.5 Å². The molecule has 4 rings (SSSR count). The third-order valence-corrected chi connectivity index (χ3v) is 5.37. The highest BCUT2D eigenvalue weighted by Crippen LogP contribution is 2.34. The summed E-state index contributed by atoms with van der Waals surface area (Å²) in [7, 11) is 0. The van der Waals surface area contributed by atoms with Gasteiger partial charge in [-0.15, -0.1) is 5.10 Å². The van der Waals surface area contributed by atoms with Gasteiger partial charge in [-0.1, -0.05) is 19.6 Å². The highest BCUT2D eigenvalue weighted by molar-refractivity contribution is 5.69. The van der Waals surface area contributed by atoms with E-state index in [4.69, 9.17) is 10.5 Å². The van der Waals surface area contributed by atoms with Gasteiger partial charge in [0.05, 0.1) is 42.5 Å². The van der Waals surface area contributed by atoms with Crippen LogP contribution in [0.15, 0.2) is 24.3 Å². The Kier molecular flexibility index (Phi) is 6.42. The van der Waals surface area contributed by atoms with E-state index >= 15 is 0 Å². The number of imidazole rings is 1. The lowest BCUT2D eigenvalue weighted by Crippen LogP contribution is -2.37. The number of morpholine rings is 1. The van der Waals surface area contributed by atoms with Gasteiger partial charge in [0.25, 0.3) is 0 Å². The number of benzene rings is 1. The van der Waals surface area contributed by atoms with Crippen molar-refractivity contribution in [3.8, 4) is 0 Å². The van der Waals surface area contributed by atoms with Crippen molar-refractivity contribution >= 4 is 17.2 Å². The maximum Gasteiger partial charge on any atom is 0.416 e. The molecule has 0 radical (unpaired) electrons. The molecule has 1 saturated heterocycles. The first kappa shape index (κ1) is 22.8. The van der Waals surface area contributed by atoms with Gasteiger partial charge in [-0.3, -0.25) is 0 Å². The summed E-state index contributed by atoms with van der Waals surface area (Å²) < 4.78 is 46.8. The molecule has 10 heteroatoms. The number of alkyl halides is 3. The van der Waals surface area contributed by atoms with Crippen molar-refractivity contribution in [2.75, 3.05) is 36.9 Å². The molecule has 7 nitrogen and oxygen atoms in total. The fraction of sp³-hybridized carbons (Fsp3) is 0.429. The average molecular weight is 437 g/mol. The minimum Gasteiger partial charge on any atom is -0.396 e. The number of nitrogens with zero attached hydrogens (tertiary/aromatic N) is 4. The topological polar surface area (TPSA) is 88.9 Å². The van der Waals surface area contributed by atoms with Crippen LogP contribution in [0, 0.1) is 6.92 Å². The molecular weight excluding hydrogens is 411 g/mol.